The van der Waals surface area contributed by atoms with Gasteiger partial charge in [-0.2, -0.15) is 5.06 Å². The number of hydrogen-bond acceptors (Lipinski definition) is 4. The van der Waals surface area contributed by atoms with Gasteiger partial charge in [-0.1, -0.05) is 11.6 Å². The quantitative estimate of drug-likeness (QED) is 0.835. The molecule has 1 saturated heterocycles. The summed E-state index contributed by atoms with van der Waals surface area (Å²) in [5, 5.41) is 5.05. The van der Waals surface area contributed by atoms with Crippen LogP contribution in [0.2, 0.25) is 5.02 Å². The Balaban J connectivity index is 1.99. The third-order valence-corrected chi connectivity index (χ3v) is 3.35. The molecule has 0 aromatic heterocycles. The lowest BCUT2D eigenvalue weighted by Crippen LogP contribution is -2.44. The van der Waals surface area contributed by atoms with Crippen molar-refractivity contribution in [1.82, 2.24) is 5.06 Å². The van der Waals surface area contributed by atoms with Crippen LogP contribution in [0.1, 0.15) is 19.8 Å². The second kappa shape index (κ2) is 6.23. The lowest BCUT2D eigenvalue weighted by molar-refractivity contribution is -0.202. The highest BCUT2D eigenvalue weighted by Gasteiger charge is 2.24. The van der Waals surface area contributed by atoms with Gasteiger partial charge in [0.15, 0.2) is 0 Å². The first-order valence-electron chi connectivity index (χ1n) is 6.33. The third-order valence-electron chi connectivity index (χ3n) is 3.11. The first kappa shape index (κ1) is 14.1. The standard InChI is InChI=1S/C13H18ClN3O2/c1-9(17-6-2-3-7-19-17)13(18)16-12-5-4-10(14)8-11(12)15/h4-5,8-9H,2-3,6-7,15H2,1H3,(H,16,18). The summed E-state index contributed by atoms with van der Waals surface area (Å²) in [6.07, 6.45) is 2.08. The number of hydrogen-bond donors (Lipinski definition) is 2. The maximum atomic E-state index is 12.1. The van der Waals surface area contributed by atoms with Crippen molar-refractivity contribution in [2.75, 3.05) is 24.2 Å². The Bertz CT molecular complexity index is 461. The Morgan fingerprint density at radius 3 is 2.95 bits per heavy atom. The van der Waals surface area contributed by atoms with E-state index in [-0.39, 0.29) is 11.9 Å². The SMILES string of the molecule is CC(C(=O)Nc1ccc(Cl)cc1N)N1CCCCO1. The largest absolute Gasteiger partial charge is 0.397 e. The van der Waals surface area contributed by atoms with Gasteiger partial charge in [-0.15, -0.1) is 0 Å². The summed E-state index contributed by atoms with van der Waals surface area (Å²) in [6, 6.07) is 4.64. The van der Waals surface area contributed by atoms with Crippen LogP contribution in [0, 0.1) is 0 Å². The van der Waals surface area contributed by atoms with Gasteiger partial charge in [0.25, 0.3) is 0 Å². The zero-order chi connectivity index (χ0) is 13.8. The van der Waals surface area contributed by atoms with Crippen LogP contribution >= 0.6 is 11.6 Å². The minimum atomic E-state index is -0.352. The fourth-order valence-electron chi connectivity index (χ4n) is 1.94. The summed E-state index contributed by atoms with van der Waals surface area (Å²) in [5.74, 6) is -0.143. The van der Waals surface area contributed by atoms with E-state index in [1.165, 1.54) is 0 Å². The maximum absolute atomic E-state index is 12.1. The molecule has 1 fully saturated rings. The van der Waals surface area contributed by atoms with Crippen molar-refractivity contribution >= 4 is 28.9 Å². The van der Waals surface area contributed by atoms with Gasteiger partial charge in [0, 0.05) is 11.6 Å². The predicted octanol–water partition coefficient (Wildman–Crippen LogP) is 2.28. The van der Waals surface area contributed by atoms with E-state index in [1.807, 2.05) is 6.92 Å². The lowest BCUT2D eigenvalue weighted by Gasteiger charge is -2.30. The molecule has 5 nitrogen and oxygen atoms in total. The molecular formula is C13H18ClN3O2. The van der Waals surface area contributed by atoms with Crippen molar-refractivity contribution in [3.05, 3.63) is 23.2 Å². The molecule has 1 aliphatic rings. The first-order chi connectivity index (χ1) is 9.08. The molecule has 0 radical (unpaired) electrons. The highest BCUT2D eigenvalue weighted by molar-refractivity contribution is 6.31. The van der Waals surface area contributed by atoms with Gasteiger partial charge in [-0.05, 0) is 38.0 Å². The topological polar surface area (TPSA) is 67.6 Å². The van der Waals surface area contributed by atoms with Crippen molar-refractivity contribution in [1.29, 1.82) is 0 Å². The number of amides is 1. The fraction of sp³-hybridized carbons (Fsp3) is 0.462. The number of benzene rings is 1. The molecule has 3 N–H and O–H groups in total. The van der Waals surface area contributed by atoms with Gasteiger partial charge in [-0.3, -0.25) is 9.63 Å². The Morgan fingerprint density at radius 1 is 1.53 bits per heavy atom. The third kappa shape index (κ3) is 3.59. The van der Waals surface area contributed by atoms with E-state index in [0.717, 1.165) is 19.4 Å². The number of nitrogen functional groups attached to an aromatic ring is 1. The van der Waals surface area contributed by atoms with E-state index in [1.54, 1.807) is 23.3 Å². The van der Waals surface area contributed by atoms with E-state index in [0.29, 0.717) is 23.0 Å². The van der Waals surface area contributed by atoms with Gasteiger partial charge >= 0.3 is 0 Å². The van der Waals surface area contributed by atoms with Gasteiger partial charge < -0.3 is 11.1 Å². The number of nitrogens with two attached hydrogens (primary N) is 1. The summed E-state index contributed by atoms with van der Waals surface area (Å²) in [7, 11) is 0. The van der Waals surface area contributed by atoms with Gasteiger partial charge in [-0.25, -0.2) is 0 Å². The highest BCUT2D eigenvalue weighted by Crippen LogP contribution is 2.23. The summed E-state index contributed by atoms with van der Waals surface area (Å²) < 4.78 is 0. The Hall–Kier alpha value is -1.30. The molecule has 1 aromatic rings. The lowest BCUT2D eigenvalue weighted by atomic mass is 10.2. The van der Waals surface area contributed by atoms with Gasteiger partial charge in [0.2, 0.25) is 5.91 Å². The van der Waals surface area contributed by atoms with E-state index in [9.17, 15) is 4.79 Å². The molecule has 1 atom stereocenters. The molecule has 1 amide bonds. The van der Waals surface area contributed by atoms with Crippen LogP contribution in [0.4, 0.5) is 11.4 Å². The first-order valence-corrected chi connectivity index (χ1v) is 6.71. The predicted molar refractivity (Wildman–Crippen MR) is 75.8 cm³/mol. The molecule has 104 valence electrons. The molecule has 1 heterocycles. The van der Waals surface area contributed by atoms with Crippen LogP contribution in [-0.4, -0.2) is 30.2 Å². The average molecular weight is 284 g/mol. The fourth-order valence-corrected chi connectivity index (χ4v) is 2.12. The number of hydroxylamine groups is 2. The van der Waals surface area contributed by atoms with Crippen LogP contribution < -0.4 is 11.1 Å². The number of rotatable bonds is 3. The monoisotopic (exact) mass is 283 g/mol. The molecule has 0 aliphatic carbocycles. The number of halogens is 1. The number of carbonyl (C=O) groups is 1. The molecular weight excluding hydrogens is 266 g/mol. The maximum Gasteiger partial charge on any atom is 0.243 e. The zero-order valence-corrected chi connectivity index (χ0v) is 11.6. The Morgan fingerprint density at radius 2 is 2.32 bits per heavy atom. The second-order valence-corrected chi connectivity index (χ2v) is 5.01. The highest BCUT2D eigenvalue weighted by atomic mass is 35.5. The molecule has 1 aliphatic heterocycles. The van der Waals surface area contributed by atoms with E-state index in [4.69, 9.17) is 22.2 Å². The van der Waals surface area contributed by atoms with Gasteiger partial charge in [0.05, 0.1) is 18.0 Å². The number of nitrogens with one attached hydrogen (secondary N) is 1. The van der Waals surface area contributed by atoms with Crippen LogP contribution in [-0.2, 0) is 9.63 Å². The molecule has 6 heteroatoms. The minimum Gasteiger partial charge on any atom is -0.397 e. The molecule has 0 bridgehead atoms. The summed E-state index contributed by atoms with van der Waals surface area (Å²) >= 11 is 5.82. The minimum absolute atomic E-state index is 0.143. The van der Waals surface area contributed by atoms with Crippen LogP contribution in [0.3, 0.4) is 0 Å². The van der Waals surface area contributed by atoms with Crippen molar-refractivity contribution in [2.45, 2.75) is 25.8 Å². The molecule has 1 aromatic carbocycles. The number of nitrogens with zero attached hydrogens (tertiary/aromatic N) is 1. The number of carbonyl (C=O) groups excluding carboxylic acids is 1. The summed E-state index contributed by atoms with van der Waals surface area (Å²) in [6.45, 7) is 3.25. The van der Waals surface area contributed by atoms with Crippen molar-refractivity contribution < 1.29 is 9.63 Å². The van der Waals surface area contributed by atoms with Crippen molar-refractivity contribution in [3.8, 4) is 0 Å². The van der Waals surface area contributed by atoms with E-state index < -0.39 is 0 Å². The molecule has 0 spiro atoms. The van der Waals surface area contributed by atoms with Crippen LogP contribution in [0.25, 0.3) is 0 Å². The number of anilines is 2. The Kier molecular flexibility index (Phi) is 4.63. The summed E-state index contributed by atoms with van der Waals surface area (Å²) in [5.41, 5.74) is 6.82. The smallest absolute Gasteiger partial charge is 0.243 e. The van der Waals surface area contributed by atoms with Crippen molar-refractivity contribution in [3.63, 3.8) is 0 Å². The average Bonchev–Trinajstić information content (AvgIpc) is 2.42. The van der Waals surface area contributed by atoms with Crippen LogP contribution in [0.15, 0.2) is 18.2 Å². The summed E-state index contributed by atoms with van der Waals surface area (Å²) in [4.78, 5) is 17.6. The van der Waals surface area contributed by atoms with E-state index >= 15 is 0 Å². The molecule has 0 saturated carbocycles. The van der Waals surface area contributed by atoms with Gasteiger partial charge in [0.1, 0.15) is 6.04 Å². The molecule has 1 unspecified atom stereocenters. The van der Waals surface area contributed by atoms with E-state index in [2.05, 4.69) is 5.32 Å². The van der Waals surface area contributed by atoms with Crippen LogP contribution in [0.5, 0.6) is 0 Å². The normalized spacial score (nSPS) is 18.0. The second-order valence-electron chi connectivity index (χ2n) is 4.58. The van der Waals surface area contributed by atoms with Crippen molar-refractivity contribution in [2.24, 2.45) is 0 Å². The molecule has 19 heavy (non-hydrogen) atoms. The molecule has 2 rings (SSSR count). The zero-order valence-electron chi connectivity index (χ0n) is 10.9. The Labute approximate surface area is 117 Å².